The predicted octanol–water partition coefficient (Wildman–Crippen LogP) is 3.25. The molecule has 1 aliphatic carbocycles. The van der Waals surface area contributed by atoms with E-state index in [1.54, 1.807) is 18.5 Å². The number of nitrogens with zero attached hydrogens (tertiary/aromatic N) is 3. The highest BCUT2D eigenvalue weighted by molar-refractivity contribution is 5.75. The number of hydrogen-bond acceptors (Lipinski definition) is 5. The minimum atomic E-state index is -0.392. The van der Waals surface area contributed by atoms with Gasteiger partial charge < -0.3 is 11.1 Å². The van der Waals surface area contributed by atoms with Crippen molar-refractivity contribution in [3.63, 3.8) is 0 Å². The number of nitrogen functional groups attached to an aromatic ring is 1. The number of hydrogen-bond donors (Lipinski definition) is 2. The van der Waals surface area contributed by atoms with Crippen LogP contribution in [0.3, 0.4) is 0 Å². The monoisotopic (exact) mass is 301 g/mol. The fourth-order valence-electron chi connectivity index (χ4n) is 2.89. The van der Waals surface area contributed by atoms with Crippen molar-refractivity contribution in [2.75, 3.05) is 11.1 Å². The molecule has 0 amide bonds. The molecule has 22 heavy (non-hydrogen) atoms. The Kier molecular flexibility index (Phi) is 4.18. The largest absolute Gasteiger partial charge is 0.368 e. The summed E-state index contributed by atoms with van der Waals surface area (Å²) in [4.78, 5) is 12.1. The highest BCUT2D eigenvalue weighted by atomic mass is 19.1. The maximum Gasteiger partial charge on any atom is 0.221 e. The first-order valence-corrected chi connectivity index (χ1v) is 7.62. The van der Waals surface area contributed by atoms with Gasteiger partial charge in [-0.25, -0.2) is 9.37 Å². The Labute approximate surface area is 129 Å². The average Bonchev–Trinajstić information content (AvgIpc) is 2.51. The number of pyridine rings is 1. The lowest BCUT2D eigenvalue weighted by atomic mass is 9.87. The zero-order chi connectivity index (χ0) is 15.5. The molecule has 0 spiro atoms. The molecule has 0 aliphatic heterocycles. The highest BCUT2D eigenvalue weighted by Crippen LogP contribution is 2.31. The molecule has 1 aliphatic rings. The van der Waals surface area contributed by atoms with Crippen LogP contribution in [0.1, 0.15) is 32.6 Å². The smallest absolute Gasteiger partial charge is 0.221 e. The topological polar surface area (TPSA) is 76.7 Å². The number of halogens is 1. The lowest BCUT2D eigenvalue weighted by molar-refractivity contribution is 0.361. The van der Waals surface area contributed by atoms with Crippen molar-refractivity contribution < 1.29 is 4.39 Å². The predicted molar refractivity (Wildman–Crippen MR) is 84.7 cm³/mol. The van der Waals surface area contributed by atoms with E-state index < -0.39 is 5.82 Å². The van der Waals surface area contributed by atoms with E-state index >= 15 is 0 Å². The number of rotatable bonds is 3. The second kappa shape index (κ2) is 6.25. The molecular weight excluding hydrogens is 281 g/mol. The first-order chi connectivity index (χ1) is 10.6. The van der Waals surface area contributed by atoms with Gasteiger partial charge in [-0.3, -0.25) is 4.98 Å². The van der Waals surface area contributed by atoms with Crippen molar-refractivity contribution in [1.82, 2.24) is 15.0 Å². The first-order valence-electron chi connectivity index (χ1n) is 7.62. The number of anilines is 2. The van der Waals surface area contributed by atoms with Crippen LogP contribution in [0.5, 0.6) is 0 Å². The molecule has 0 atom stereocenters. The molecule has 6 heteroatoms. The van der Waals surface area contributed by atoms with Gasteiger partial charge in [0.25, 0.3) is 0 Å². The van der Waals surface area contributed by atoms with E-state index in [-0.39, 0.29) is 5.95 Å². The Balaban J connectivity index is 1.90. The van der Waals surface area contributed by atoms with Crippen LogP contribution in [0.25, 0.3) is 11.1 Å². The maximum absolute atomic E-state index is 14.0. The van der Waals surface area contributed by atoms with Gasteiger partial charge in [-0.2, -0.15) is 4.98 Å². The third kappa shape index (κ3) is 3.16. The van der Waals surface area contributed by atoms with Crippen LogP contribution in [0.15, 0.2) is 24.7 Å². The van der Waals surface area contributed by atoms with Crippen molar-refractivity contribution in [2.24, 2.45) is 5.92 Å². The van der Waals surface area contributed by atoms with Crippen LogP contribution < -0.4 is 11.1 Å². The third-order valence-electron chi connectivity index (χ3n) is 4.23. The quantitative estimate of drug-likeness (QED) is 0.910. The van der Waals surface area contributed by atoms with E-state index in [2.05, 4.69) is 27.2 Å². The van der Waals surface area contributed by atoms with Crippen LogP contribution in [0, 0.1) is 11.7 Å². The van der Waals surface area contributed by atoms with Gasteiger partial charge in [-0.15, -0.1) is 0 Å². The molecule has 116 valence electrons. The normalized spacial score (nSPS) is 21.5. The standard InChI is InChI=1S/C16H20FN5/c1-10-2-4-11(5-3-10)21-15-13(8-20-16(18)22-15)12-6-7-19-9-14(12)17/h6-11H,2-5H2,1H3,(H3,18,20,21,22)/t10-,11-. The highest BCUT2D eigenvalue weighted by Gasteiger charge is 2.20. The lowest BCUT2D eigenvalue weighted by Crippen LogP contribution is -2.26. The van der Waals surface area contributed by atoms with Gasteiger partial charge in [0, 0.05) is 29.6 Å². The van der Waals surface area contributed by atoms with Crippen LogP contribution >= 0.6 is 0 Å². The van der Waals surface area contributed by atoms with E-state index in [9.17, 15) is 4.39 Å². The minimum absolute atomic E-state index is 0.185. The molecule has 2 heterocycles. The van der Waals surface area contributed by atoms with Gasteiger partial charge in [0.1, 0.15) is 11.6 Å². The molecule has 2 aromatic heterocycles. The Morgan fingerprint density at radius 3 is 2.68 bits per heavy atom. The minimum Gasteiger partial charge on any atom is -0.368 e. The van der Waals surface area contributed by atoms with Crippen molar-refractivity contribution >= 4 is 11.8 Å². The number of aromatic nitrogens is 3. The molecule has 0 aromatic carbocycles. The summed E-state index contributed by atoms with van der Waals surface area (Å²) >= 11 is 0. The Bertz CT molecular complexity index is 653. The molecule has 0 saturated heterocycles. The maximum atomic E-state index is 14.0. The zero-order valence-corrected chi connectivity index (χ0v) is 12.6. The Morgan fingerprint density at radius 2 is 1.95 bits per heavy atom. The molecule has 2 aromatic rings. The van der Waals surface area contributed by atoms with Crippen molar-refractivity contribution in [3.05, 3.63) is 30.5 Å². The van der Waals surface area contributed by atoms with Gasteiger partial charge in [-0.05, 0) is 37.7 Å². The van der Waals surface area contributed by atoms with Crippen LogP contribution in [0.2, 0.25) is 0 Å². The third-order valence-corrected chi connectivity index (χ3v) is 4.23. The SMILES string of the molecule is C[C@H]1CC[C@H](Nc2nc(N)ncc2-c2ccncc2F)CC1. The summed E-state index contributed by atoms with van der Waals surface area (Å²) < 4.78 is 14.0. The summed E-state index contributed by atoms with van der Waals surface area (Å²) in [6.45, 7) is 2.27. The van der Waals surface area contributed by atoms with Gasteiger partial charge in [0.15, 0.2) is 0 Å². The van der Waals surface area contributed by atoms with Crippen molar-refractivity contribution in [2.45, 2.75) is 38.6 Å². The van der Waals surface area contributed by atoms with Gasteiger partial charge in [0.2, 0.25) is 5.95 Å². The van der Waals surface area contributed by atoms with Crippen LogP contribution in [0.4, 0.5) is 16.2 Å². The van der Waals surface area contributed by atoms with Crippen LogP contribution in [-0.4, -0.2) is 21.0 Å². The van der Waals surface area contributed by atoms with Gasteiger partial charge in [0.05, 0.1) is 6.20 Å². The molecule has 0 unspecified atom stereocenters. The van der Waals surface area contributed by atoms with E-state index in [0.29, 0.717) is 23.0 Å². The fraction of sp³-hybridized carbons (Fsp3) is 0.438. The molecule has 0 radical (unpaired) electrons. The van der Waals surface area contributed by atoms with Gasteiger partial charge in [-0.1, -0.05) is 6.92 Å². The summed E-state index contributed by atoms with van der Waals surface area (Å²) in [6, 6.07) is 1.97. The summed E-state index contributed by atoms with van der Waals surface area (Å²) in [5.74, 6) is 1.16. The fourth-order valence-corrected chi connectivity index (χ4v) is 2.89. The van der Waals surface area contributed by atoms with E-state index in [1.807, 2.05) is 0 Å². The van der Waals surface area contributed by atoms with E-state index in [1.165, 1.54) is 19.0 Å². The lowest BCUT2D eigenvalue weighted by Gasteiger charge is -2.28. The molecular formula is C16H20FN5. The average molecular weight is 301 g/mol. The second-order valence-corrected chi connectivity index (χ2v) is 5.95. The van der Waals surface area contributed by atoms with Crippen LogP contribution in [-0.2, 0) is 0 Å². The Morgan fingerprint density at radius 1 is 1.18 bits per heavy atom. The Hall–Kier alpha value is -2.24. The number of nitrogens with two attached hydrogens (primary N) is 1. The zero-order valence-electron chi connectivity index (χ0n) is 12.6. The number of nitrogens with one attached hydrogen (secondary N) is 1. The summed E-state index contributed by atoms with van der Waals surface area (Å²) in [5, 5.41) is 3.42. The van der Waals surface area contributed by atoms with E-state index in [4.69, 9.17) is 5.73 Å². The summed E-state index contributed by atoms with van der Waals surface area (Å²) in [6.07, 6.45) is 8.87. The molecule has 3 rings (SSSR count). The second-order valence-electron chi connectivity index (χ2n) is 5.95. The first kappa shape index (κ1) is 14.7. The van der Waals surface area contributed by atoms with Gasteiger partial charge >= 0.3 is 0 Å². The molecule has 5 nitrogen and oxygen atoms in total. The molecule has 1 saturated carbocycles. The van der Waals surface area contributed by atoms with Crippen molar-refractivity contribution in [1.29, 1.82) is 0 Å². The van der Waals surface area contributed by atoms with Crippen molar-refractivity contribution in [3.8, 4) is 11.1 Å². The summed E-state index contributed by atoms with van der Waals surface area (Å²) in [5.41, 5.74) is 6.75. The molecule has 0 bridgehead atoms. The van der Waals surface area contributed by atoms with E-state index in [0.717, 1.165) is 18.8 Å². The summed E-state index contributed by atoms with van der Waals surface area (Å²) in [7, 11) is 0. The molecule has 3 N–H and O–H groups in total. The molecule has 1 fully saturated rings.